The van der Waals surface area contributed by atoms with Crippen molar-refractivity contribution in [1.82, 2.24) is 10.2 Å². The maximum Gasteiger partial charge on any atom is 0.337 e. The summed E-state index contributed by atoms with van der Waals surface area (Å²) in [6.07, 6.45) is 0. The summed E-state index contributed by atoms with van der Waals surface area (Å²) >= 11 is 0. The van der Waals surface area contributed by atoms with Gasteiger partial charge in [0.1, 0.15) is 5.54 Å². The second kappa shape index (κ2) is 4.14. The molecule has 1 saturated heterocycles. The number of nitrogens with one attached hydrogen (secondary N) is 2. The first kappa shape index (κ1) is 12.1. The molecule has 1 fully saturated rings. The molecule has 6 nitrogen and oxygen atoms in total. The molecule has 1 aliphatic heterocycles. The fraction of sp³-hybridized carbons (Fsp3) is 0.250. The molecule has 0 spiro atoms. The first-order valence-electron chi connectivity index (χ1n) is 5.44. The largest absolute Gasteiger partial charge is 0.337 e. The fourth-order valence-electron chi connectivity index (χ4n) is 1.63. The van der Waals surface area contributed by atoms with Gasteiger partial charge in [-0.2, -0.15) is 4.90 Å². The average molecular weight is 247 g/mol. The van der Waals surface area contributed by atoms with Crippen LogP contribution in [-0.2, 0) is 4.79 Å². The summed E-state index contributed by atoms with van der Waals surface area (Å²) in [5, 5.41) is 4.92. The molecule has 2 rings (SSSR count). The van der Waals surface area contributed by atoms with Gasteiger partial charge in [-0.05, 0) is 26.0 Å². The number of carbonyl (C=O) groups excluding carboxylic acids is 3. The quantitative estimate of drug-likeness (QED) is 0.739. The van der Waals surface area contributed by atoms with E-state index < -0.39 is 23.5 Å². The van der Waals surface area contributed by atoms with Gasteiger partial charge in [0, 0.05) is 5.69 Å². The topological polar surface area (TPSA) is 78.5 Å². The lowest BCUT2D eigenvalue weighted by Crippen LogP contribution is -2.43. The van der Waals surface area contributed by atoms with Crippen LogP contribution in [0.15, 0.2) is 30.3 Å². The molecule has 18 heavy (non-hydrogen) atoms. The number of rotatable bonds is 1. The molecule has 1 aliphatic rings. The van der Waals surface area contributed by atoms with Crippen LogP contribution in [0.3, 0.4) is 0 Å². The van der Waals surface area contributed by atoms with Crippen LogP contribution in [-0.4, -0.2) is 28.4 Å². The van der Waals surface area contributed by atoms with Gasteiger partial charge in [0.25, 0.3) is 5.91 Å². The van der Waals surface area contributed by atoms with Gasteiger partial charge in [0.05, 0.1) is 0 Å². The van der Waals surface area contributed by atoms with Gasteiger partial charge in [0.15, 0.2) is 0 Å². The molecule has 0 unspecified atom stereocenters. The highest BCUT2D eigenvalue weighted by Gasteiger charge is 2.47. The third kappa shape index (κ3) is 2.04. The Morgan fingerprint density at radius 2 is 1.83 bits per heavy atom. The average Bonchev–Trinajstić information content (AvgIpc) is 2.49. The van der Waals surface area contributed by atoms with E-state index in [1.54, 1.807) is 44.2 Å². The second-order valence-electron chi connectivity index (χ2n) is 4.49. The van der Waals surface area contributed by atoms with E-state index in [1.165, 1.54) is 0 Å². The predicted octanol–water partition coefficient (Wildman–Crippen LogP) is 1.55. The lowest BCUT2D eigenvalue weighted by molar-refractivity contribution is -0.128. The zero-order valence-corrected chi connectivity index (χ0v) is 10.1. The van der Waals surface area contributed by atoms with Crippen molar-refractivity contribution < 1.29 is 14.4 Å². The van der Waals surface area contributed by atoms with E-state index in [9.17, 15) is 14.4 Å². The van der Waals surface area contributed by atoms with Crippen molar-refractivity contribution in [3.05, 3.63) is 30.3 Å². The van der Waals surface area contributed by atoms with E-state index in [1.807, 2.05) is 0 Å². The standard InChI is InChI=1S/C12H13N3O3/c1-12(2)9(16)15(11(18)14-12)10(17)13-8-6-4-3-5-7-8/h3-7H,1-2H3,(H,13,17)(H,14,18). The highest BCUT2D eigenvalue weighted by molar-refractivity contribution is 6.20. The summed E-state index contributed by atoms with van der Waals surface area (Å²) in [7, 11) is 0. The number of para-hydroxylation sites is 1. The molecule has 94 valence electrons. The van der Waals surface area contributed by atoms with Crippen LogP contribution in [0.25, 0.3) is 0 Å². The number of urea groups is 2. The van der Waals surface area contributed by atoms with Gasteiger partial charge < -0.3 is 10.6 Å². The van der Waals surface area contributed by atoms with Gasteiger partial charge in [0.2, 0.25) is 0 Å². The normalized spacial score (nSPS) is 17.6. The molecule has 6 heteroatoms. The lowest BCUT2D eigenvalue weighted by atomic mass is 10.1. The van der Waals surface area contributed by atoms with Crippen molar-refractivity contribution in [3.8, 4) is 0 Å². The second-order valence-corrected chi connectivity index (χ2v) is 4.49. The molecular weight excluding hydrogens is 234 g/mol. The van der Waals surface area contributed by atoms with Crippen molar-refractivity contribution in [2.45, 2.75) is 19.4 Å². The van der Waals surface area contributed by atoms with Gasteiger partial charge in [-0.25, -0.2) is 9.59 Å². The van der Waals surface area contributed by atoms with Gasteiger partial charge in [-0.1, -0.05) is 18.2 Å². The first-order valence-corrected chi connectivity index (χ1v) is 5.44. The summed E-state index contributed by atoms with van der Waals surface area (Å²) in [4.78, 5) is 35.8. The van der Waals surface area contributed by atoms with E-state index >= 15 is 0 Å². The number of benzene rings is 1. The SMILES string of the molecule is CC1(C)NC(=O)N(C(=O)Nc2ccccc2)C1=O. The Labute approximate surface area is 104 Å². The van der Waals surface area contributed by atoms with Crippen molar-refractivity contribution >= 4 is 23.7 Å². The number of carbonyl (C=O) groups is 3. The number of hydrogen-bond donors (Lipinski definition) is 2. The summed E-state index contributed by atoms with van der Waals surface area (Å²) in [5.41, 5.74) is -0.529. The van der Waals surface area contributed by atoms with Gasteiger partial charge in [-0.15, -0.1) is 0 Å². The van der Waals surface area contributed by atoms with Crippen LogP contribution in [0.4, 0.5) is 15.3 Å². The maximum atomic E-state index is 11.9. The van der Waals surface area contributed by atoms with Crippen molar-refractivity contribution in [1.29, 1.82) is 0 Å². The van der Waals surface area contributed by atoms with E-state index in [0.717, 1.165) is 0 Å². The predicted molar refractivity (Wildman–Crippen MR) is 64.9 cm³/mol. The minimum Gasteiger partial charge on any atom is -0.323 e. The fourth-order valence-corrected chi connectivity index (χ4v) is 1.63. The van der Waals surface area contributed by atoms with Crippen LogP contribution in [0, 0.1) is 0 Å². The molecule has 2 N–H and O–H groups in total. The highest BCUT2D eigenvalue weighted by atomic mass is 16.2. The summed E-state index contributed by atoms with van der Waals surface area (Å²) < 4.78 is 0. The Balaban J connectivity index is 2.16. The van der Waals surface area contributed by atoms with E-state index in [4.69, 9.17) is 0 Å². The number of hydrogen-bond acceptors (Lipinski definition) is 3. The number of amides is 5. The third-order valence-electron chi connectivity index (χ3n) is 2.59. The van der Waals surface area contributed by atoms with Crippen LogP contribution < -0.4 is 10.6 Å². The highest BCUT2D eigenvalue weighted by Crippen LogP contribution is 2.18. The number of anilines is 1. The monoisotopic (exact) mass is 247 g/mol. The Kier molecular flexibility index (Phi) is 2.78. The smallest absolute Gasteiger partial charge is 0.323 e. The van der Waals surface area contributed by atoms with Crippen LogP contribution >= 0.6 is 0 Å². The Morgan fingerprint density at radius 3 is 2.33 bits per heavy atom. The van der Waals surface area contributed by atoms with Gasteiger partial charge >= 0.3 is 12.1 Å². The summed E-state index contributed by atoms with van der Waals surface area (Å²) in [6, 6.07) is 7.15. The Morgan fingerprint density at radius 1 is 1.22 bits per heavy atom. The molecule has 0 radical (unpaired) electrons. The lowest BCUT2D eigenvalue weighted by Gasteiger charge is -2.15. The molecule has 1 heterocycles. The third-order valence-corrected chi connectivity index (χ3v) is 2.59. The minimum absolute atomic E-state index is 0.521. The van der Waals surface area contributed by atoms with Crippen molar-refractivity contribution in [2.75, 3.05) is 5.32 Å². The van der Waals surface area contributed by atoms with Crippen LogP contribution in [0.5, 0.6) is 0 Å². The number of nitrogens with zero attached hydrogens (tertiary/aromatic N) is 1. The molecule has 1 aromatic carbocycles. The van der Waals surface area contributed by atoms with Crippen LogP contribution in [0.2, 0.25) is 0 Å². The minimum atomic E-state index is -1.05. The van der Waals surface area contributed by atoms with Crippen molar-refractivity contribution in [3.63, 3.8) is 0 Å². The maximum absolute atomic E-state index is 11.9. The molecule has 0 saturated carbocycles. The molecular formula is C12H13N3O3. The molecule has 0 aromatic heterocycles. The Bertz CT molecular complexity index is 511. The zero-order valence-electron chi connectivity index (χ0n) is 10.1. The molecule has 0 aliphatic carbocycles. The van der Waals surface area contributed by atoms with Crippen LogP contribution in [0.1, 0.15) is 13.8 Å². The van der Waals surface area contributed by atoms with Crippen molar-refractivity contribution in [2.24, 2.45) is 0 Å². The van der Waals surface area contributed by atoms with Gasteiger partial charge in [-0.3, -0.25) is 4.79 Å². The molecule has 0 bridgehead atoms. The molecule has 5 amide bonds. The zero-order chi connectivity index (χ0) is 13.3. The Hall–Kier alpha value is -2.37. The summed E-state index contributed by atoms with van der Waals surface area (Å²) in [6.45, 7) is 3.09. The number of imide groups is 3. The molecule has 1 aromatic rings. The molecule has 0 atom stereocenters. The first-order chi connectivity index (χ1) is 8.42. The van der Waals surface area contributed by atoms with E-state index in [-0.39, 0.29) is 0 Å². The van der Waals surface area contributed by atoms with E-state index in [2.05, 4.69) is 10.6 Å². The van der Waals surface area contributed by atoms with E-state index in [0.29, 0.717) is 10.6 Å². The summed E-state index contributed by atoms with van der Waals surface area (Å²) in [5.74, 6) is -0.569.